The molecule has 0 aliphatic carbocycles. The highest BCUT2D eigenvalue weighted by molar-refractivity contribution is 5.81. The molecule has 1 rings (SSSR count). The lowest BCUT2D eigenvalue weighted by Crippen LogP contribution is -2.28. The zero-order valence-electron chi connectivity index (χ0n) is 13.0. The SMILES string of the molecule is CCOC(=O)CCC(=O)N(C)CCCCc1ccccc1. The smallest absolute Gasteiger partial charge is 0.306 e. The highest BCUT2D eigenvalue weighted by Gasteiger charge is 2.11. The maximum Gasteiger partial charge on any atom is 0.306 e. The molecule has 0 N–H and O–H groups in total. The fourth-order valence-corrected chi connectivity index (χ4v) is 2.08. The van der Waals surface area contributed by atoms with Gasteiger partial charge in [0.1, 0.15) is 0 Å². The average molecular weight is 291 g/mol. The predicted molar refractivity (Wildman–Crippen MR) is 82.9 cm³/mol. The van der Waals surface area contributed by atoms with E-state index in [-0.39, 0.29) is 24.7 Å². The molecular weight excluding hydrogens is 266 g/mol. The van der Waals surface area contributed by atoms with Gasteiger partial charge in [-0.05, 0) is 31.7 Å². The number of amides is 1. The lowest BCUT2D eigenvalue weighted by molar-refractivity contribution is -0.145. The summed E-state index contributed by atoms with van der Waals surface area (Å²) < 4.78 is 4.81. The van der Waals surface area contributed by atoms with Crippen molar-refractivity contribution in [2.45, 2.75) is 39.0 Å². The largest absolute Gasteiger partial charge is 0.466 e. The Balaban J connectivity index is 2.13. The number of unbranched alkanes of at least 4 members (excludes halogenated alkanes) is 1. The van der Waals surface area contributed by atoms with Crippen LogP contribution in [0, 0.1) is 0 Å². The van der Waals surface area contributed by atoms with E-state index in [1.807, 2.05) is 18.2 Å². The number of aryl methyl sites for hydroxylation is 1. The van der Waals surface area contributed by atoms with Gasteiger partial charge in [-0.3, -0.25) is 9.59 Å². The van der Waals surface area contributed by atoms with Crippen LogP contribution in [0.15, 0.2) is 30.3 Å². The summed E-state index contributed by atoms with van der Waals surface area (Å²) in [5.74, 6) is -0.300. The number of carbonyl (C=O) groups excluding carboxylic acids is 2. The van der Waals surface area contributed by atoms with E-state index < -0.39 is 0 Å². The molecule has 21 heavy (non-hydrogen) atoms. The number of hydrogen-bond acceptors (Lipinski definition) is 3. The van der Waals surface area contributed by atoms with E-state index in [0.29, 0.717) is 6.61 Å². The van der Waals surface area contributed by atoms with Gasteiger partial charge in [0.05, 0.1) is 13.0 Å². The second-order valence-corrected chi connectivity index (χ2v) is 5.06. The van der Waals surface area contributed by atoms with Crippen LogP contribution in [0.4, 0.5) is 0 Å². The van der Waals surface area contributed by atoms with Gasteiger partial charge in [-0.25, -0.2) is 0 Å². The van der Waals surface area contributed by atoms with E-state index in [0.717, 1.165) is 25.8 Å². The van der Waals surface area contributed by atoms with Crippen molar-refractivity contribution >= 4 is 11.9 Å². The monoisotopic (exact) mass is 291 g/mol. The number of carbonyl (C=O) groups is 2. The van der Waals surface area contributed by atoms with Crippen LogP contribution in [-0.4, -0.2) is 37.0 Å². The Hall–Kier alpha value is -1.84. The van der Waals surface area contributed by atoms with Gasteiger partial charge in [0.25, 0.3) is 0 Å². The molecule has 1 aromatic carbocycles. The van der Waals surface area contributed by atoms with Crippen molar-refractivity contribution in [3.05, 3.63) is 35.9 Å². The molecule has 0 saturated heterocycles. The highest BCUT2D eigenvalue weighted by atomic mass is 16.5. The van der Waals surface area contributed by atoms with Gasteiger partial charge < -0.3 is 9.64 Å². The molecule has 0 aliphatic rings. The van der Waals surface area contributed by atoms with E-state index >= 15 is 0 Å². The summed E-state index contributed by atoms with van der Waals surface area (Å²) in [6.45, 7) is 2.86. The van der Waals surface area contributed by atoms with Crippen LogP contribution in [0.2, 0.25) is 0 Å². The van der Waals surface area contributed by atoms with Crippen LogP contribution in [0.3, 0.4) is 0 Å². The van der Waals surface area contributed by atoms with Crippen molar-refractivity contribution in [2.24, 2.45) is 0 Å². The van der Waals surface area contributed by atoms with Crippen molar-refractivity contribution < 1.29 is 14.3 Å². The molecule has 4 nitrogen and oxygen atoms in total. The Morgan fingerprint density at radius 1 is 1.10 bits per heavy atom. The highest BCUT2D eigenvalue weighted by Crippen LogP contribution is 2.06. The number of esters is 1. The standard InChI is InChI=1S/C17H25NO3/c1-3-21-17(20)13-12-16(19)18(2)14-8-7-11-15-9-5-4-6-10-15/h4-6,9-10H,3,7-8,11-14H2,1-2H3. The number of rotatable bonds is 9. The third-order valence-corrected chi connectivity index (χ3v) is 3.33. The van der Waals surface area contributed by atoms with Crippen LogP contribution in [-0.2, 0) is 20.7 Å². The minimum absolute atomic E-state index is 0.00256. The molecule has 0 radical (unpaired) electrons. The summed E-state index contributed by atoms with van der Waals surface area (Å²) in [6.07, 6.45) is 3.46. The Kier molecular flexibility index (Phi) is 8.17. The molecule has 0 atom stereocenters. The summed E-state index contributed by atoms with van der Waals surface area (Å²) in [5.41, 5.74) is 1.33. The minimum Gasteiger partial charge on any atom is -0.466 e. The normalized spacial score (nSPS) is 10.2. The average Bonchev–Trinajstić information content (AvgIpc) is 2.50. The summed E-state index contributed by atoms with van der Waals surface area (Å²) in [5, 5.41) is 0. The van der Waals surface area contributed by atoms with Crippen LogP contribution < -0.4 is 0 Å². The fourth-order valence-electron chi connectivity index (χ4n) is 2.08. The molecule has 0 heterocycles. The minimum atomic E-state index is -0.302. The zero-order valence-corrected chi connectivity index (χ0v) is 13.0. The molecule has 0 bridgehead atoms. The van der Waals surface area contributed by atoms with E-state index in [2.05, 4.69) is 12.1 Å². The molecule has 0 saturated carbocycles. The maximum absolute atomic E-state index is 11.8. The number of nitrogens with zero attached hydrogens (tertiary/aromatic N) is 1. The Bertz CT molecular complexity index is 431. The molecular formula is C17H25NO3. The molecule has 1 aromatic rings. The van der Waals surface area contributed by atoms with Gasteiger partial charge in [-0.1, -0.05) is 30.3 Å². The molecule has 1 amide bonds. The first-order valence-corrected chi connectivity index (χ1v) is 7.57. The second-order valence-electron chi connectivity index (χ2n) is 5.06. The number of ether oxygens (including phenoxy) is 1. The van der Waals surface area contributed by atoms with Crippen molar-refractivity contribution in [3.8, 4) is 0 Å². The Morgan fingerprint density at radius 2 is 1.81 bits per heavy atom. The quantitative estimate of drug-likeness (QED) is 0.519. The van der Waals surface area contributed by atoms with Gasteiger partial charge in [-0.2, -0.15) is 0 Å². The molecule has 116 valence electrons. The van der Waals surface area contributed by atoms with Gasteiger partial charge in [0, 0.05) is 20.0 Å². The van der Waals surface area contributed by atoms with E-state index in [1.165, 1.54) is 5.56 Å². The van der Waals surface area contributed by atoms with Gasteiger partial charge >= 0.3 is 5.97 Å². The third kappa shape index (κ3) is 7.49. The topological polar surface area (TPSA) is 46.6 Å². The van der Waals surface area contributed by atoms with Crippen molar-refractivity contribution in [1.29, 1.82) is 0 Å². The van der Waals surface area contributed by atoms with Crippen molar-refractivity contribution in [1.82, 2.24) is 4.90 Å². The Morgan fingerprint density at radius 3 is 2.48 bits per heavy atom. The lowest BCUT2D eigenvalue weighted by atomic mass is 10.1. The first-order chi connectivity index (χ1) is 10.1. The van der Waals surface area contributed by atoms with Crippen LogP contribution in [0.1, 0.15) is 38.2 Å². The molecule has 0 aliphatic heterocycles. The molecule has 4 heteroatoms. The molecule has 0 unspecified atom stereocenters. The second kappa shape index (κ2) is 9.97. The van der Waals surface area contributed by atoms with Gasteiger partial charge in [-0.15, -0.1) is 0 Å². The van der Waals surface area contributed by atoms with E-state index in [1.54, 1.807) is 18.9 Å². The summed E-state index contributed by atoms with van der Waals surface area (Å²) in [4.78, 5) is 24.7. The number of hydrogen-bond donors (Lipinski definition) is 0. The lowest BCUT2D eigenvalue weighted by Gasteiger charge is -2.16. The summed E-state index contributed by atoms with van der Waals surface area (Å²) in [7, 11) is 1.79. The van der Waals surface area contributed by atoms with Crippen molar-refractivity contribution in [2.75, 3.05) is 20.2 Å². The fraction of sp³-hybridized carbons (Fsp3) is 0.529. The first kappa shape index (κ1) is 17.2. The molecule has 0 fully saturated rings. The predicted octanol–water partition coefficient (Wildman–Crippen LogP) is 2.81. The van der Waals surface area contributed by atoms with E-state index in [4.69, 9.17) is 4.74 Å². The van der Waals surface area contributed by atoms with Crippen LogP contribution >= 0.6 is 0 Å². The zero-order chi connectivity index (χ0) is 15.5. The number of benzene rings is 1. The van der Waals surface area contributed by atoms with Gasteiger partial charge in [0.2, 0.25) is 5.91 Å². The van der Waals surface area contributed by atoms with Crippen LogP contribution in [0.25, 0.3) is 0 Å². The van der Waals surface area contributed by atoms with Crippen molar-refractivity contribution in [3.63, 3.8) is 0 Å². The van der Waals surface area contributed by atoms with Gasteiger partial charge in [0.15, 0.2) is 0 Å². The summed E-state index contributed by atoms with van der Waals surface area (Å²) in [6, 6.07) is 10.3. The third-order valence-electron chi connectivity index (χ3n) is 3.33. The Labute approximate surface area is 127 Å². The first-order valence-electron chi connectivity index (χ1n) is 7.57. The van der Waals surface area contributed by atoms with E-state index in [9.17, 15) is 9.59 Å². The van der Waals surface area contributed by atoms with Crippen LogP contribution in [0.5, 0.6) is 0 Å². The molecule has 0 aromatic heterocycles. The summed E-state index contributed by atoms with van der Waals surface area (Å²) >= 11 is 0. The molecule has 0 spiro atoms. The maximum atomic E-state index is 11.8.